The Morgan fingerprint density at radius 2 is 1.97 bits per heavy atom. The molecule has 182 valence electrons. The SMILES string of the molecule is NC1=NC2NCC(CNc3ccc(C(=O)N[C@@H](CCC(=O)O)C(=O)O)cc3)N(C=O)C2C(=O)N1. The van der Waals surface area contributed by atoms with Crippen molar-refractivity contribution in [2.75, 3.05) is 18.4 Å². The molecule has 0 aliphatic carbocycles. The molecule has 14 nitrogen and oxygen atoms in total. The number of anilines is 1. The van der Waals surface area contributed by atoms with Crippen LogP contribution < -0.4 is 27.0 Å². The largest absolute Gasteiger partial charge is 0.481 e. The lowest BCUT2D eigenvalue weighted by Crippen LogP contribution is -2.70. The first-order valence-electron chi connectivity index (χ1n) is 10.4. The van der Waals surface area contributed by atoms with E-state index in [2.05, 4.69) is 26.3 Å². The quantitative estimate of drug-likeness (QED) is 0.180. The number of carbonyl (C=O) groups is 5. The minimum absolute atomic E-state index is 0.0122. The van der Waals surface area contributed by atoms with E-state index < -0.39 is 48.4 Å². The molecule has 3 amide bonds. The second-order valence-corrected chi connectivity index (χ2v) is 7.76. The predicted octanol–water partition coefficient (Wildman–Crippen LogP) is -2.28. The number of rotatable bonds is 10. The number of nitrogens with one attached hydrogen (secondary N) is 4. The van der Waals surface area contributed by atoms with Crippen molar-refractivity contribution < 1.29 is 34.2 Å². The highest BCUT2D eigenvalue weighted by molar-refractivity contribution is 6.02. The molecule has 2 aliphatic rings. The summed E-state index contributed by atoms with van der Waals surface area (Å²) in [5.74, 6) is -3.58. The molecule has 0 bridgehead atoms. The van der Waals surface area contributed by atoms with Crippen molar-refractivity contribution in [3.63, 3.8) is 0 Å². The lowest BCUT2D eigenvalue weighted by Gasteiger charge is -2.44. The van der Waals surface area contributed by atoms with Gasteiger partial charge in [0.15, 0.2) is 5.96 Å². The van der Waals surface area contributed by atoms with E-state index in [-0.39, 0.29) is 24.0 Å². The smallest absolute Gasteiger partial charge is 0.326 e. The van der Waals surface area contributed by atoms with E-state index in [0.29, 0.717) is 25.2 Å². The molecule has 0 aromatic heterocycles. The Kier molecular flexibility index (Phi) is 7.63. The molecule has 1 aromatic rings. The number of hydrogen-bond acceptors (Lipinski definition) is 9. The summed E-state index contributed by atoms with van der Waals surface area (Å²) in [7, 11) is 0. The molecule has 1 aromatic carbocycles. The van der Waals surface area contributed by atoms with E-state index in [1.807, 2.05) is 0 Å². The molecule has 0 radical (unpaired) electrons. The first-order valence-corrected chi connectivity index (χ1v) is 10.4. The zero-order valence-corrected chi connectivity index (χ0v) is 17.9. The summed E-state index contributed by atoms with van der Waals surface area (Å²) in [4.78, 5) is 63.7. The van der Waals surface area contributed by atoms with Crippen LogP contribution in [-0.2, 0) is 19.2 Å². The second kappa shape index (κ2) is 10.6. The monoisotopic (exact) mass is 475 g/mol. The molecular weight excluding hydrogens is 450 g/mol. The number of aliphatic imine (C=N–C) groups is 1. The normalized spacial score (nSPS) is 22.5. The van der Waals surface area contributed by atoms with Gasteiger partial charge in [0.2, 0.25) is 6.41 Å². The fourth-order valence-electron chi connectivity index (χ4n) is 3.71. The summed E-state index contributed by atoms with van der Waals surface area (Å²) in [6.45, 7) is 0.660. The predicted molar refractivity (Wildman–Crippen MR) is 118 cm³/mol. The lowest BCUT2D eigenvalue weighted by molar-refractivity contribution is -0.140. The highest BCUT2D eigenvalue weighted by Gasteiger charge is 2.43. The van der Waals surface area contributed by atoms with Crippen molar-refractivity contribution in [1.82, 2.24) is 20.9 Å². The standard InChI is InChI=1S/C20H25N7O7/c21-20-25-16-15(18(32)26-20)27(9-28)12(8-23-16)7-22-11-3-1-10(2-4-11)17(31)24-13(19(33)34)5-6-14(29)30/h1-4,9,12-13,15-16,22-23H,5-8H2,(H,24,31)(H,29,30)(H,33,34)(H3,21,25,26,32)/t12?,13-,15?,16?/m0/s1. The van der Waals surface area contributed by atoms with Crippen molar-refractivity contribution in [2.24, 2.45) is 10.7 Å². The van der Waals surface area contributed by atoms with Gasteiger partial charge in [-0.3, -0.25) is 29.8 Å². The van der Waals surface area contributed by atoms with Gasteiger partial charge in [-0.2, -0.15) is 0 Å². The van der Waals surface area contributed by atoms with E-state index >= 15 is 0 Å². The highest BCUT2D eigenvalue weighted by atomic mass is 16.4. The summed E-state index contributed by atoms with van der Waals surface area (Å²) in [6, 6.07) is 3.64. The summed E-state index contributed by atoms with van der Waals surface area (Å²) >= 11 is 0. The summed E-state index contributed by atoms with van der Waals surface area (Å²) in [6.07, 6.45) is -0.663. The first kappa shape index (κ1) is 24.4. The van der Waals surface area contributed by atoms with Gasteiger partial charge in [-0.15, -0.1) is 0 Å². The number of carboxylic acids is 2. The zero-order valence-electron chi connectivity index (χ0n) is 17.9. The summed E-state index contributed by atoms with van der Waals surface area (Å²) < 4.78 is 0. The maximum atomic E-state index is 12.3. The van der Waals surface area contributed by atoms with Gasteiger partial charge in [0.1, 0.15) is 18.2 Å². The molecule has 14 heteroatoms. The molecular formula is C20H25N7O7. The molecule has 0 spiro atoms. The number of nitrogens with two attached hydrogens (primary N) is 1. The van der Waals surface area contributed by atoms with Crippen LogP contribution in [0.5, 0.6) is 0 Å². The van der Waals surface area contributed by atoms with E-state index in [1.54, 1.807) is 12.1 Å². The molecule has 8 N–H and O–H groups in total. The number of nitrogens with zero attached hydrogens (tertiary/aromatic N) is 2. The maximum Gasteiger partial charge on any atom is 0.326 e. The fraction of sp³-hybridized carbons (Fsp3) is 0.400. The number of amides is 3. The van der Waals surface area contributed by atoms with Crippen LogP contribution in [0.25, 0.3) is 0 Å². The van der Waals surface area contributed by atoms with Gasteiger partial charge in [0.05, 0.1) is 6.04 Å². The number of hydrogen-bond donors (Lipinski definition) is 7. The number of guanidine groups is 1. The molecule has 4 atom stereocenters. The van der Waals surface area contributed by atoms with Gasteiger partial charge < -0.3 is 31.5 Å². The van der Waals surface area contributed by atoms with Crippen LogP contribution in [-0.4, -0.2) is 88.6 Å². The van der Waals surface area contributed by atoms with Crippen LogP contribution in [0.3, 0.4) is 0 Å². The number of piperazine rings is 1. The van der Waals surface area contributed by atoms with Crippen LogP contribution in [0.15, 0.2) is 29.3 Å². The van der Waals surface area contributed by atoms with Crippen molar-refractivity contribution >= 4 is 41.8 Å². The van der Waals surface area contributed by atoms with E-state index in [4.69, 9.17) is 10.8 Å². The first-order chi connectivity index (χ1) is 16.2. The van der Waals surface area contributed by atoms with Gasteiger partial charge in [0.25, 0.3) is 11.8 Å². The van der Waals surface area contributed by atoms with Gasteiger partial charge in [0, 0.05) is 30.8 Å². The Bertz CT molecular complexity index is 997. The van der Waals surface area contributed by atoms with Crippen molar-refractivity contribution in [2.45, 2.75) is 37.1 Å². The van der Waals surface area contributed by atoms with Crippen molar-refractivity contribution in [3.8, 4) is 0 Å². The average molecular weight is 475 g/mol. The number of aliphatic carboxylic acids is 2. The van der Waals surface area contributed by atoms with Gasteiger partial charge in [-0.1, -0.05) is 0 Å². The van der Waals surface area contributed by atoms with Crippen LogP contribution in [0.2, 0.25) is 0 Å². The highest BCUT2D eigenvalue weighted by Crippen LogP contribution is 2.18. The van der Waals surface area contributed by atoms with Gasteiger partial charge in [-0.05, 0) is 30.7 Å². The third-order valence-corrected chi connectivity index (χ3v) is 5.46. The number of carboxylic acid groups (broad SMARTS) is 2. The lowest BCUT2D eigenvalue weighted by atomic mass is 10.0. The topological polar surface area (TPSA) is 216 Å². The number of benzene rings is 1. The minimum Gasteiger partial charge on any atom is -0.481 e. The Labute approximate surface area is 193 Å². The maximum absolute atomic E-state index is 12.3. The number of carbonyl (C=O) groups excluding carboxylic acids is 3. The zero-order chi connectivity index (χ0) is 24.8. The van der Waals surface area contributed by atoms with Crippen LogP contribution in [0.1, 0.15) is 23.2 Å². The van der Waals surface area contributed by atoms with E-state index in [9.17, 15) is 29.1 Å². The van der Waals surface area contributed by atoms with Gasteiger partial charge >= 0.3 is 11.9 Å². The Morgan fingerprint density at radius 3 is 2.59 bits per heavy atom. The molecule has 3 rings (SSSR count). The molecule has 1 fully saturated rings. The third-order valence-electron chi connectivity index (χ3n) is 5.46. The third kappa shape index (κ3) is 5.78. The molecule has 2 heterocycles. The van der Waals surface area contributed by atoms with E-state index in [0.717, 1.165) is 0 Å². The van der Waals surface area contributed by atoms with Crippen LogP contribution >= 0.6 is 0 Å². The van der Waals surface area contributed by atoms with Crippen molar-refractivity contribution in [1.29, 1.82) is 0 Å². The Balaban J connectivity index is 1.58. The van der Waals surface area contributed by atoms with Gasteiger partial charge in [-0.25, -0.2) is 9.79 Å². The van der Waals surface area contributed by atoms with Crippen LogP contribution in [0.4, 0.5) is 5.69 Å². The van der Waals surface area contributed by atoms with Crippen molar-refractivity contribution in [3.05, 3.63) is 29.8 Å². The van der Waals surface area contributed by atoms with E-state index in [1.165, 1.54) is 17.0 Å². The molecule has 0 saturated carbocycles. The number of fused-ring (bicyclic) bond motifs is 1. The Morgan fingerprint density at radius 1 is 1.26 bits per heavy atom. The minimum atomic E-state index is -1.32. The summed E-state index contributed by atoms with van der Waals surface area (Å²) in [5, 5.41) is 28.8. The molecule has 2 aliphatic heterocycles. The summed E-state index contributed by atoms with van der Waals surface area (Å²) in [5.41, 5.74) is 6.39. The average Bonchev–Trinajstić information content (AvgIpc) is 2.79. The second-order valence-electron chi connectivity index (χ2n) is 7.76. The Hall–Kier alpha value is -4.20. The molecule has 34 heavy (non-hydrogen) atoms. The fourth-order valence-corrected chi connectivity index (χ4v) is 3.71. The van der Waals surface area contributed by atoms with Crippen LogP contribution in [0, 0.1) is 0 Å². The molecule has 1 saturated heterocycles. The molecule has 3 unspecified atom stereocenters.